The molecule has 0 spiro atoms. The number of halogens is 4. The van der Waals surface area contributed by atoms with Gasteiger partial charge in [-0.15, -0.1) is 11.8 Å². The molecule has 0 fully saturated rings. The second kappa shape index (κ2) is 7.48. The van der Waals surface area contributed by atoms with Gasteiger partial charge in [0, 0.05) is 17.2 Å². The lowest BCUT2D eigenvalue weighted by molar-refractivity contribution is -0.141. The molecule has 10 heteroatoms. The van der Waals surface area contributed by atoms with Gasteiger partial charge in [0.2, 0.25) is 0 Å². The molecule has 0 unspecified atom stereocenters. The smallest absolute Gasteiger partial charge is 0.433 e. The van der Waals surface area contributed by atoms with E-state index in [1.807, 2.05) is 6.92 Å². The first kappa shape index (κ1) is 18.4. The first-order chi connectivity index (χ1) is 12.4. The van der Waals surface area contributed by atoms with E-state index < -0.39 is 18.5 Å². The summed E-state index contributed by atoms with van der Waals surface area (Å²) in [5, 5.41) is 0. The van der Waals surface area contributed by atoms with E-state index in [2.05, 4.69) is 15.0 Å². The highest BCUT2D eigenvalue weighted by Gasteiger charge is 2.33. The summed E-state index contributed by atoms with van der Waals surface area (Å²) in [7, 11) is 0. The van der Waals surface area contributed by atoms with Crippen LogP contribution in [0.25, 0.3) is 17.0 Å². The first-order valence-electron chi connectivity index (χ1n) is 7.66. The number of aromatic nitrogens is 4. The lowest BCUT2D eigenvalue weighted by Gasteiger charge is -2.09. The van der Waals surface area contributed by atoms with Gasteiger partial charge in [-0.3, -0.25) is 4.40 Å². The summed E-state index contributed by atoms with van der Waals surface area (Å²) in [6.45, 7) is 1.27. The first-order valence-corrected chi connectivity index (χ1v) is 8.65. The van der Waals surface area contributed by atoms with E-state index in [1.165, 1.54) is 22.4 Å². The van der Waals surface area contributed by atoms with Crippen molar-refractivity contribution in [2.24, 2.45) is 0 Å². The van der Waals surface area contributed by atoms with Crippen LogP contribution in [0.4, 0.5) is 17.6 Å². The minimum Gasteiger partial charge on any atom is -0.489 e. The number of thioether (sulfide) groups is 1. The Bertz CT molecular complexity index is 913. The molecule has 3 heterocycles. The van der Waals surface area contributed by atoms with E-state index >= 15 is 0 Å². The van der Waals surface area contributed by atoms with Crippen molar-refractivity contribution in [2.45, 2.75) is 18.0 Å². The summed E-state index contributed by atoms with van der Waals surface area (Å²) in [5.41, 5.74) is 0.0448. The number of fused-ring (bicyclic) bond motifs is 1. The molecule has 3 aromatic rings. The number of rotatable bonds is 6. The lowest BCUT2D eigenvalue weighted by atomic mass is 10.3. The monoisotopic (exact) mass is 386 g/mol. The molecule has 0 aromatic carbocycles. The summed E-state index contributed by atoms with van der Waals surface area (Å²) in [6.07, 6.45) is -0.467. The van der Waals surface area contributed by atoms with Gasteiger partial charge >= 0.3 is 6.18 Å². The Kier molecular flexibility index (Phi) is 5.30. The van der Waals surface area contributed by atoms with Crippen molar-refractivity contribution in [1.29, 1.82) is 0 Å². The standard InChI is InChI=1S/C16H14F4N4OS/c1-2-26-12-5-10(25-4-3-17)7-21-15(12)11-8-24-9-22-13(16(18,19)20)6-14(24)23-11/h5-9H,2-4H2,1H3. The summed E-state index contributed by atoms with van der Waals surface area (Å²) in [5.74, 6) is 1.17. The van der Waals surface area contributed by atoms with Crippen molar-refractivity contribution >= 4 is 17.4 Å². The fourth-order valence-electron chi connectivity index (χ4n) is 2.28. The van der Waals surface area contributed by atoms with Crippen molar-refractivity contribution in [3.8, 4) is 17.1 Å². The minimum absolute atomic E-state index is 0.0719. The molecule has 0 saturated heterocycles. The third-order valence-corrected chi connectivity index (χ3v) is 4.27. The van der Waals surface area contributed by atoms with E-state index in [0.717, 1.165) is 23.0 Å². The molecule has 138 valence electrons. The van der Waals surface area contributed by atoms with Crippen LogP contribution in [0.2, 0.25) is 0 Å². The Morgan fingerprint density at radius 3 is 2.73 bits per heavy atom. The van der Waals surface area contributed by atoms with E-state index in [-0.39, 0.29) is 12.3 Å². The Hall–Kier alpha value is -2.36. The highest BCUT2D eigenvalue weighted by atomic mass is 32.2. The molecular weight excluding hydrogens is 372 g/mol. The average Bonchev–Trinajstić information content (AvgIpc) is 3.02. The van der Waals surface area contributed by atoms with Crippen LogP contribution >= 0.6 is 11.8 Å². The zero-order valence-electron chi connectivity index (χ0n) is 13.6. The maximum absolute atomic E-state index is 12.8. The van der Waals surface area contributed by atoms with Gasteiger partial charge in [-0.05, 0) is 11.8 Å². The molecule has 0 aliphatic rings. The van der Waals surface area contributed by atoms with Crippen LogP contribution < -0.4 is 4.74 Å². The molecular formula is C16H14F4N4OS. The summed E-state index contributed by atoms with van der Waals surface area (Å²) >= 11 is 1.48. The zero-order valence-corrected chi connectivity index (χ0v) is 14.4. The molecule has 0 aliphatic carbocycles. The number of hydrogen-bond donors (Lipinski definition) is 0. The van der Waals surface area contributed by atoms with Crippen LogP contribution in [0.5, 0.6) is 5.75 Å². The van der Waals surface area contributed by atoms with E-state index in [4.69, 9.17) is 4.74 Å². The molecule has 0 saturated carbocycles. The van der Waals surface area contributed by atoms with E-state index in [0.29, 0.717) is 17.1 Å². The maximum atomic E-state index is 12.8. The molecule has 0 N–H and O–H groups in total. The van der Waals surface area contributed by atoms with Gasteiger partial charge in [0.05, 0.1) is 6.20 Å². The van der Waals surface area contributed by atoms with Crippen LogP contribution in [-0.4, -0.2) is 38.4 Å². The number of alkyl halides is 4. The highest BCUT2D eigenvalue weighted by Crippen LogP contribution is 2.33. The fourth-order valence-corrected chi connectivity index (χ4v) is 3.08. The quantitative estimate of drug-likeness (QED) is 0.468. The minimum atomic E-state index is -4.54. The predicted octanol–water partition coefficient (Wildman–Crippen LogP) is 4.27. The predicted molar refractivity (Wildman–Crippen MR) is 89.1 cm³/mol. The van der Waals surface area contributed by atoms with E-state index in [1.54, 1.807) is 12.3 Å². The van der Waals surface area contributed by atoms with Crippen molar-refractivity contribution in [3.63, 3.8) is 0 Å². The number of hydrogen-bond acceptors (Lipinski definition) is 5. The molecule has 3 rings (SSSR count). The van der Waals surface area contributed by atoms with Crippen molar-refractivity contribution < 1.29 is 22.3 Å². The number of imidazole rings is 1. The van der Waals surface area contributed by atoms with Crippen LogP contribution in [0.15, 0.2) is 35.7 Å². The zero-order chi connectivity index (χ0) is 18.7. The average molecular weight is 386 g/mol. The molecule has 0 aliphatic heterocycles. The molecule has 3 aromatic heterocycles. The van der Waals surface area contributed by atoms with Gasteiger partial charge in [-0.2, -0.15) is 13.2 Å². The maximum Gasteiger partial charge on any atom is 0.433 e. The number of ether oxygens (including phenoxy) is 1. The van der Waals surface area contributed by atoms with Crippen LogP contribution in [-0.2, 0) is 6.18 Å². The van der Waals surface area contributed by atoms with Crippen LogP contribution in [0, 0.1) is 0 Å². The Labute approximate surface area is 150 Å². The van der Waals surface area contributed by atoms with Gasteiger partial charge in [0.25, 0.3) is 0 Å². The van der Waals surface area contributed by atoms with Gasteiger partial charge in [-0.1, -0.05) is 6.92 Å². The van der Waals surface area contributed by atoms with E-state index in [9.17, 15) is 17.6 Å². The molecule has 26 heavy (non-hydrogen) atoms. The topological polar surface area (TPSA) is 52.3 Å². The largest absolute Gasteiger partial charge is 0.489 e. The number of pyridine rings is 1. The summed E-state index contributed by atoms with van der Waals surface area (Å²) in [4.78, 5) is 12.7. The third-order valence-electron chi connectivity index (χ3n) is 3.35. The van der Waals surface area contributed by atoms with Gasteiger partial charge in [-0.25, -0.2) is 19.3 Å². The molecule has 0 bridgehead atoms. The Morgan fingerprint density at radius 2 is 2.04 bits per heavy atom. The fraction of sp³-hybridized carbons (Fsp3) is 0.312. The van der Waals surface area contributed by atoms with Crippen molar-refractivity contribution in [2.75, 3.05) is 19.0 Å². The normalized spacial score (nSPS) is 11.9. The molecule has 0 atom stereocenters. The third kappa shape index (κ3) is 3.90. The molecule has 0 amide bonds. The van der Waals surface area contributed by atoms with Crippen molar-refractivity contribution in [1.82, 2.24) is 19.4 Å². The summed E-state index contributed by atoms with van der Waals surface area (Å²) < 4.78 is 57.3. The van der Waals surface area contributed by atoms with Crippen LogP contribution in [0.3, 0.4) is 0 Å². The molecule has 5 nitrogen and oxygen atoms in total. The van der Waals surface area contributed by atoms with Gasteiger partial charge in [0.1, 0.15) is 48.1 Å². The number of nitrogens with zero attached hydrogens (tertiary/aromatic N) is 4. The van der Waals surface area contributed by atoms with Gasteiger partial charge in [0.15, 0.2) is 0 Å². The summed E-state index contributed by atoms with van der Waals surface area (Å²) in [6, 6.07) is 2.60. The lowest BCUT2D eigenvalue weighted by Crippen LogP contribution is -2.08. The second-order valence-corrected chi connectivity index (χ2v) is 6.46. The second-order valence-electron chi connectivity index (χ2n) is 5.15. The highest BCUT2D eigenvalue weighted by molar-refractivity contribution is 7.99. The SMILES string of the molecule is CCSc1cc(OCCF)cnc1-c1cn2cnc(C(F)(F)F)cc2n1. The molecule has 0 radical (unpaired) electrons. The van der Waals surface area contributed by atoms with Gasteiger partial charge < -0.3 is 4.74 Å². The van der Waals surface area contributed by atoms with Crippen LogP contribution in [0.1, 0.15) is 12.6 Å². The Morgan fingerprint density at radius 1 is 1.23 bits per heavy atom. The Balaban J connectivity index is 2.01. The van der Waals surface area contributed by atoms with Crippen molar-refractivity contribution in [3.05, 3.63) is 36.5 Å².